The zero-order valence-corrected chi connectivity index (χ0v) is 11.2. The van der Waals surface area contributed by atoms with Crippen LogP contribution in [0.1, 0.15) is 20.8 Å². The van der Waals surface area contributed by atoms with Crippen LogP contribution < -0.4 is 16.4 Å². The van der Waals surface area contributed by atoms with Crippen LogP contribution in [0.15, 0.2) is 27.4 Å². The molecule has 3 N–H and O–H groups in total. The summed E-state index contributed by atoms with van der Waals surface area (Å²) in [5.74, 6) is -0.647. The number of hydrogen-bond acceptors (Lipinski definition) is 4. The van der Waals surface area contributed by atoms with Crippen molar-refractivity contribution in [2.75, 3.05) is 11.9 Å². The molecule has 0 bridgehead atoms. The standard InChI is InChI=1S/C13H17N3O3/c1-4-14-13(2,3)11(17)15-8-5-6-10-9(7-8)16-12(18)19-10/h5-7,14H,4H2,1-3H3,(H,15,17)(H,16,18). The largest absolute Gasteiger partial charge is 0.417 e. The van der Waals surface area contributed by atoms with Crippen LogP contribution in [0.3, 0.4) is 0 Å². The maximum atomic E-state index is 12.1. The second-order valence-electron chi connectivity index (χ2n) is 4.83. The fraction of sp³-hybridized carbons (Fsp3) is 0.385. The highest BCUT2D eigenvalue weighted by Gasteiger charge is 2.26. The van der Waals surface area contributed by atoms with Gasteiger partial charge in [0.2, 0.25) is 5.91 Å². The second kappa shape index (κ2) is 4.89. The minimum Gasteiger partial charge on any atom is -0.408 e. The van der Waals surface area contributed by atoms with Gasteiger partial charge >= 0.3 is 5.76 Å². The lowest BCUT2D eigenvalue weighted by atomic mass is 10.0. The maximum Gasteiger partial charge on any atom is 0.417 e. The molecule has 1 aromatic heterocycles. The van der Waals surface area contributed by atoms with E-state index < -0.39 is 11.3 Å². The van der Waals surface area contributed by atoms with Gasteiger partial charge in [0.1, 0.15) is 0 Å². The Bertz CT molecular complexity index is 654. The molecule has 2 aromatic rings. The molecular weight excluding hydrogens is 246 g/mol. The molecule has 6 heteroatoms. The molecular formula is C13H17N3O3. The molecule has 0 aliphatic carbocycles. The smallest absolute Gasteiger partial charge is 0.408 e. The van der Waals surface area contributed by atoms with E-state index in [0.29, 0.717) is 23.3 Å². The fourth-order valence-corrected chi connectivity index (χ4v) is 1.84. The van der Waals surface area contributed by atoms with Crippen molar-refractivity contribution in [1.29, 1.82) is 0 Å². The summed E-state index contributed by atoms with van der Waals surface area (Å²) in [5.41, 5.74) is 0.978. The Morgan fingerprint density at radius 1 is 1.42 bits per heavy atom. The van der Waals surface area contributed by atoms with E-state index in [0.717, 1.165) is 0 Å². The number of oxazole rings is 1. The van der Waals surface area contributed by atoms with Crippen LogP contribution in [0.25, 0.3) is 11.1 Å². The van der Waals surface area contributed by atoms with E-state index in [9.17, 15) is 9.59 Å². The first-order valence-corrected chi connectivity index (χ1v) is 6.12. The first-order valence-electron chi connectivity index (χ1n) is 6.12. The van der Waals surface area contributed by atoms with E-state index in [4.69, 9.17) is 4.42 Å². The van der Waals surface area contributed by atoms with Gasteiger partial charge in [-0.25, -0.2) is 4.79 Å². The van der Waals surface area contributed by atoms with Crippen molar-refractivity contribution in [1.82, 2.24) is 10.3 Å². The number of hydrogen-bond donors (Lipinski definition) is 3. The number of benzene rings is 1. The zero-order chi connectivity index (χ0) is 14.0. The normalized spacial score (nSPS) is 11.7. The highest BCUT2D eigenvalue weighted by molar-refractivity contribution is 5.98. The fourth-order valence-electron chi connectivity index (χ4n) is 1.84. The molecule has 1 heterocycles. The summed E-state index contributed by atoms with van der Waals surface area (Å²) < 4.78 is 4.90. The average Bonchev–Trinajstić information content (AvgIpc) is 2.68. The molecule has 0 saturated carbocycles. The number of nitrogens with one attached hydrogen (secondary N) is 3. The van der Waals surface area contributed by atoms with Gasteiger partial charge < -0.3 is 15.1 Å². The van der Waals surface area contributed by atoms with Crippen LogP contribution >= 0.6 is 0 Å². The van der Waals surface area contributed by atoms with Gasteiger partial charge in [0.05, 0.1) is 11.1 Å². The number of likely N-dealkylation sites (N-methyl/N-ethyl adjacent to an activating group) is 1. The maximum absolute atomic E-state index is 12.1. The Kier molecular flexibility index (Phi) is 3.44. The van der Waals surface area contributed by atoms with Gasteiger partial charge in [-0.2, -0.15) is 0 Å². The molecule has 0 aliphatic rings. The summed E-state index contributed by atoms with van der Waals surface area (Å²) in [6.45, 7) is 6.26. The van der Waals surface area contributed by atoms with Crippen LogP contribution in [0.2, 0.25) is 0 Å². The number of amides is 1. The molecule has 0 spiro atoms. The van der Waals surface area contributed by atoms with Crippen LogP contribution in [0.4, 0.5) is 5.69 Å². The summed E-state index contributed by atoms with van der Waals surface area (Å²) >= 11 is 0. The third kappa shape index (κ3) is 2.85. The Labute approximate surface area is 110 Å². The summed E-state index contributed by atoms with van der Waals surface area (Å²) in [5, 5.41) is 5.90. The molecule has 0 saturated heterocycles. The first kappa shape index (κ1) is 13.4. The van der Waals surface area contributed by atoms with Gasteiger partial charge in [0.25, 0.3) is 0 Å². The monoisotopic (exact) mass is 263 g/mol. The van der Waals surface area contributed by atoms with Crippen molar-refractivity contribution in [2.24, 2.45) is 0 Å². The van der Waals surface area contributed by atoms with Gasteiger partial charge in [-0.15, -0.1) is 0 Å². The Hall–Kier alpha value is -2.08. The van der Waals surface area contributed by atoms with E-state index in [-0.39, 0.29) is 5.91 Å². The molecule has 0 fully saturated rings. The first-order chi connectivity index (χ1) is 8.92. The number of aromatic nitrogens is 1. The summed E-state index contributed by atoms with van der Waals surface area (Å²) in [6.07, 6.45) is 0. The number of carbonyl (C=O) groups excluding carboxylic acids is 1. The molecule has 1 aromatic carbocycles. The Morgan fingerprint density at radius 3 is 2.84 bits per heavy atom. The molecule has 0 atom stereocenters. The molecule has 0 aliphatic heterocycles. The van der Waals surface area contributed by atoms with Crippen LogP contribution in [0, 0.1) is 0 Å². The number of aromatic amines is 1. The summed E-state index contributed by atoms with van der Waals surface area (Å²) in [6, 6.07) is 5.00. The molecule has 6 nitrogen and oxygen atoms in total. The SMILES string of the molecule is CCNC(C)(C)C(=O)Nc1ccc2oc(=O)[nH]c2c1. The van der Waals surface area contributed by atoms with Gasteiger partial charge in [0.15, 0.2) is 5.58 Å². The number of H-pyrrole nitrogens is 1. The highest BCUT2D eigenvalue weighted by atomic mass is 16.4. The predicted molar refractivity (Wildman–Crippen MR) is 73.2 cm³/mol. The van der Waals surface area contributed by atoms with E-state index in [1.54, 1.807) is 18.2 Å². The minimum absolute atomic E-state index is 0.139. The lowest BCUT2D eigenvalue weighted by molar-refractivity contribution is -0.121. The number of fused-ring (bicyclic) bond motifs is 1. The van der Waals surface area contributed by atoms with Gasteiger partial charge in [0, 0.05) is 5.69 Å². The van der Waals surface area contributed by atoms with Crippen molar-refractivity contribution in [3.63, 3.8) is 0 Å². The van der Waals surface area contributed by atoms with Crippen molar-refractivity contribution in [3.05, 3.63) is 28.7 Å². The van der Waals surface area contributed by atoms with E-state index in [2.05, 4.69) is 15.6 Å². The zero-order valence-electron chi connectivity index (χ0n) is 11.2. The van der Waals surface area contributed by atoms with Crippen molar-refractivity contribution in [2.45, 2.75) is 26.3 Å². The molecule has 2 rings (SSSR count). The topological polar surface area (TPSA) is 87.1 Å². The number of rotatable bonds is 4. The predicted octanol–water partition coefficient (Wildman–Crippen LogP) is 1.45. The third-order valence-corrected chi connectivity index (χ3v) is 2.86. The lowest BCUT2D eigenvalue weighted by Gasteiger charge is -2.24. The molecule has 0 radical (unpaired) electrons. The molecule has 1 amide bonds. The van der Waals surface area contributed by atoms with Crippen LogP contribution in [-0.4, -0.2) is 23.0 Å². The second-order valence-corrected chi connectivity index (χ2v) is 4.83. The minimum atomic E-state index is -0.659. The van der Waals surface area contributed by atoms with Crippen LogP contribution in [0.5, 0.6) is 0 Å². The van der Waals surface area contributed by atoms with Gasteiger partial charge in [-0.3, -0.25) is 9.78 Å². The quantitative estimate of drug-likeness (QED) is 0.779. The summed E-state index contributed by atoms with van der Waals surface area (Å²) in [4.78, 5) is 25.7. The summed E-state index contributed by atoms with van der Waals surface area (Å²) in [7, 11) is 0. The van der Waals surface area contributed by atoms with E-state index in [1.165, 1.54) is 0 Å². The van der Waals surface area contributed by atoms with Gasteiger partial charge in [-0.1, -0.05) is 6.92 Å². The van der Waals surface area contributed by atoms with Gasteiger partial charge in [-0.05, 0) is 38.6 Å². The van der Waals surface area contributed by atoms with Crippen molar-refractivity contribution in [3.8, 4) is 0 Å². The Balaban J connectivity index is 2.21. The highest BCUT2D eigenvalue weighted by Crippen LogP contribution is 2.17. The van der Waals surface area contributed by atoms with E-state index in [1.807, 2.05) is 20.8 Å². The lowest BCUT2D eigenvalue weighted by Crippen LogP contribution is -2.49. The molecule has 19 heavy (non-hydrogen) atoms. The number of carbonyl (C=O) groups is 1. The Morgan fingerprint density at radius 2 is 2.16 bits per heavy atom. The molecule has 0 unspecified atom stereocenters. The van der Waals surface area contributed by atoms with Crippen molar-refractivity contribution >= 4 is 22.7 Å². The average molecular weight is 263 g/mol. The van der Waals surface area contributed by atoms with E-state index >= 15 is 0 Å². The van der Waals surface area contributed by atoms with Crippen LogP contribution in [-0.2, 0) is 4.79 Å². The molecule has 102 valence electrons. The number of anilines is 1. The van der Waals surface area contributed by atoms with Crippen molar-refractivity contribution < 1.29 is 9.21 Å². The third-order valence-electron chi connectivity index (χ3n) is 2.86.